The van der Waals surface area contributed by atoms with E-state index in [0.29, 0.717) is 21.8 Å². The first-order chi connectivity index (χ1) is 15.2. The molecule has 0 bridgehead atoms. The quantitative estimate of drug-likeness (QED) is 0.553. The zero-order valence-electron chi connectivity index (χ0n) is 17.7. The van der Waals surface area contributed by atoms with Gasteiger partial charge in [-0.25, -0.2) is 13.2 Å². The van der Waals surface area contributed by atoms with Crippen LogP contribution >= 0.6 is 11.6 Å². The number of hydrogen-bond donors (Lipinski definition) is 0. The lowest BCUT2D eigenvalue weighted by molar-refractivity contribution is -0.134. The Morgan fingerprint density at radius 2 is 1.66 bits per heavy atom. The maximum atomic E-state index is 13.1. The number of piperazine rings is 1. The van der Waals surface area contributed by atoms with Crippen LogP contribution < -0.4 is 10.4 Å². The van der Waals surface area contributed by atoms with Crippen molar-refractivity contribution in [2.75, 3.05) is 32.8 Å². The van der Waals surface area contributed by atoms with Crippen molar-refractivity contribution in [3.8, 4) is 5.75 Å². The maximum absolute atomic E-state index is 13.1. The van der Waals surface area contributed by atoms with Gasteiger partial charge in [-0.3, -0.25) is 13.9 Å². The third-order valence-electron chi connectivity index (χ3n) is 5.66. The number of sulfonamides is 1. The van der Waals surface area contributed by atoms with Crippen LogP contribution in [-0.4, -0.2) is 65.5 Å². The fraction of sp³-hybridized carbons (Fsp3) is 0.333. The van der Waals surface area contributed by atoms with E-state index in [-0.39, 0.29) is 49.3 Å². The predicted octanol–water partition coefficient (Wildman–Crippen LogP) is 1.44. The minimum Gasteiger partial charge on any atom is -0.482 e. The SMILES string of the molecule is Cn1c(=O)n(C)c2cc(S(=O)(=O)N3CCN(C(=O)COc4ccccc4Cl)CC3)ccc21. The molecule has 1 saturated heterocycles. The first-order valence-corrected chi connectivity index (χ1v) is 11.8. The highest BCUT2D eigenvalue weighted by atomic mass is 35.5. The third kappa shape index (κ3) is 4.01. The number of nitrogens with zero attached hydrogens (tertiary/aromatic N) is 4. The number of halogens is 1. The summed E-state index contributed by atoms with van der Waals surface area (Å²) in [6, 6.07) is 11.5. The highest BCUT2D eigenvalue weighted by Gasteiger charge is 2.30. The van der Waals surface area contributed by atoms with Crippen LogP contribution in [-0.2, 0) is 28.9 Å². The number of benzene rings is 2. The van der Waals surface area contributed by atoms with Crippen molar-refractivity contribution in [1.29, 1.82) is 0 Å². The third-order valence-corrected chi connectivity index (χ3v) is 7.87. The van der Waals surface area contributed by atoms with Crippen LogP contribution in [0.1, 0.15) is 0 Å². The Hall–Kier alpha value is -2.82. The van der Waals surface area contributed by atoms with E-state index < -0.39 is 10.0 Å². The molecular weight excluding hydrogens is 456 g/mol. The number of fused-ring (bicyclic) bond motifs is 1. The van der Waals surface area contributed by atoms with Gasteiger partial charge in [0.15, 0.2) is 6.61 Å². The standard InChI is InChI=1S/C21H23ClN4O5S/c1-23-17-8-7-15(13-18(17)24(2)21(23)28)32(29,30)26-11-9-25(10-12-26)20(27)14-31-19-6-4-3-5-16(19)22/h3-8,13H,9-12,14H2,1-2H3. The molecule has 4 rings (SSSR count). The van der Waals surface area contributed by atoms with Gasteiger partial charge in [-0.2, -0.15) is 4.31 Å². The fourth-order valence-electron chi connectivity index (χ4n) is 3.77. The van der Waals surface area contributed by atoms with Crippen LogP contribution in [0, 0.1) is 0 Å². The van der Waals surface area contributed by atoms with Crippen molar-refractivity contribution in [3.05, 3.63) is 58.0 Å². The van der Waals surface area contributed by atoms with E-state index in [9.17, 15) is 18.0 Å². The molecule has 0 unspecified atom stereocenters. The number of amides is 1. The van der Waals surface area contributed by atoms with Gasteiger partial charge in [0.25, 0.3) is 5.91 Å². The molecule has 0 saturated carbocycles. The van der Waals surface area contributed by atoms with Crippen LogP contribution in [0.5, 0.6) is 5.75 Å². The van der Waals surface area contributed by atoms with E-state index in [4.69, 9.17) is 16.3 Å². The number of ether oxygens (including phenoxy) is 1. The van der Waals surface area contributed by atoms with Gasteiger partial charge >= 0.3 is 5.69 Å². The number of carbonyl (C=O) groups excluding carboxylic acids is 1. The second-order valence-corrected chi connectivity index (χ2v) is 9.90. The second-order valence-electron chi connectivity index (χ2n) is 7.56. The van der Waals surface area contributed by atoms with Gasteiger partial charge < -0.3 is 9.64 Å². The second kappa shape index (κ2) is 8.61. The Morgan fingerprint density at radius 3 is 2.34 bits per heavy atom. The number of aryl methyl sites for hydroxylation is 2. The van der Waals surface area contributed by atoms with E-state index in [1.54, 1.807) is 49.3 Å². The molecular formula is C21H23ClN4O5S. The summed E-state index contributed by atoms with van der Waals surface area (Å²) >= 11 is 6.03. The van der Waals surface area contributed by atoms with E-state index in [1.807, 2.05) is 0 Å². The van der Waals surface area contributed by atoms with Crippen molar-refractivity contribution in [2.24, 2.45) is 14.1 Å². The molecule has 2 heterocycles. The van der Waals surface area contributed by atoms with Crippen molar-refractivity contribution in [3.63, 3.8) is 0 Å². The number of aromatic nitrogens is 2. The molecule has 32 heavy (non-hydrogen) atoms. The van der Waals surface area contributed by atoms with Gasteiger partial charge in [-0.15, -0.1) is 0 Å². The zero-order chi connectivity index (χ0) is 23.0. The molecule has 1 aliphatic rings. The molecule has 2 aromatic carbocycles. The summed E-state index contributed by atoms with van der Waals surface area (Å²) in [7, 11) is -0.511. The summed E-state index contributed by atoms with van der Waals surface area (Å²) < 4.78 is 36.0. The molecule has 0 atom stereocenters. The molecule has 9 nitrogen and oxygen atoms in total. The Labute approximate surface area is 190 Å². The van der Waals surface area contributed by atoms with E-state index in [0.717, 1.165) is 0 Å². The van der Waals surface area contributed by atoms with Crippen molar-refractivity contribution < 1.29 is 17.9 Å². The Kier molecular flexibility index (Phi) is 6.02. The molecule has 0 radical (unpaired) electrons. The highest BCUT2D eigenvalue weighted by molar-refractivity contribution is 7.89. The van der Waals surface area contributed by atoms with Crippen LogP contribution in [0.3, 0.4) is 0 Å². The number of rotatable bonds is 5. The Bertz CT molecular complexity index is 1340. The normalized spacial score (nSPS) is 15.3. The monoisotopic (exact) mass is 478 g/mol. The van der Waals surface area contributed by atoms with E-state index >= 15 is 0 Å². The molecule has 0 N–H and O–H groups in total. The summed E-state index contributed by atoms with van der Waals surface area (Å²) in [5.41, 5.74) is 0.982. The van der Waals surface area contributed by atoms with Gasteiger partial charge in [0, 0.05) is 40.3 Å². The fourth-order valence-corrected chi connectivity index (χ4v) is 5.40. The Balaban J connectivity index is 1.42. The van der Waals surface area contributed by atoms with Crippen molar-refractivity contribution in [2.45, 2.75) is 4.90 Å². The molecule has 1 fully saturated rings. The summed E-state index contributed by atoms with van der Waals surface area (Å²) in [5, 5.41) is 0.420. The molecule has 1 aliphatic heterocycles. The summed E-state index contributed by atoms with van der Waals surface area (Å²) in [4.78, 5) is 26.3. The largest absolute Gasteiger partial charge is 0.482 e. The van der Waals surface area contributed by atoms with Crippen LogP contribution in [0.25, 0.3) is 11.0 Å². The van der Waals surface area contributed by atoms with Gasteiger partial charge in [0.1, 0.15) is 5.75 Å². The maximum Gasteiger partial charge on any atom is 0.328 e. The summed E-state index contributed by atoms with van der Waals surface area (Å²) in [6.07, 6.45) is 0. The van der Waals surface area contributed by atoms with Crippen LogP contribution in [0.4, 0.5) is 0 Å². The Morgan fingerprint density at radius 1 is 1.00 bits per heavy atom. The highest BCUT2D eigenvalue weighted by Crippen LogP contribution is 2.24. The van der Waals surface area contributed by atoms with E-state index in [2.05, 4.69) is 0 Å². The van der Waals surface area contributed by atoms with Gasteiger partial charge in [-0.05, 0) is 30.3 Å². The topological polar surface area (TPSA) is 93.9 Å². The lowest BCUT2D eigenvalue weighted by atomic mass is 10.3. The van der Waals surface area contributed by atoms with Gasteiger partial charge in [0.05, 0.1) is 21.0 Å². The summed E-state index contributed by atoms with van der Waals surface area (Å²) in [5.74, 6) is 0.192. The minimum atomic E-state index is -3.76. The molecule has 0 aliphatic carbocycles. The van der Waals surface area contributed by atoms with Crippen molar-refractivity contribution in [1.82, 2.24) is 18.3 Å². The van der Waals surface area contributed by atoms with Crippen molar-refractivity contribution >= 4 is 38.6 Å². The van der Waals surface area contributed by atoms with Gasteiger partial charge in [0.2, 0.25) is 10.0 Å². The van der Waals surface area contributed by atoms with Crippen LogP contribution in [0.15, 0.2) is 52.2 Å². The summed E-state index contributed by atoms with van der Waals surface area (Å²) in [6.45, 7) is 0.694. The molecule has 170 valence electrons. The predicted molar refractivity (Wildman–Crippen MR) is 120 cm³/mol. The first-order valence-electron chi connectivity index (χ1n) is 10.0. The number of para-hydroxylation sites is 1. The molecule has 11 heteroatoms. The zero-order valence-corrected chi connectivity index (χ0v) is 19.3. The molecule has 0 spiro atoms. The minimum absolute atomic E-state index is 0.119. The van der Waals surface area contributed by atoms with E-state index in [1.165, 1.54) is 25.6 Å². The molecule has 1 amide bonds. The van der Waals surface area contributed by atoms with Gasteiger partial charge in [-0.1, -0.05) is 23.7 Å². The number of hydrogen-bond acceptors (Lipinski definition) is 5. The number of imidazole rings is 1. The molecule has 1 aromatic heterocycles. The number of carbonyl (C=O) groups is 1. The smallest absolute Gasteiger partial charge is 0.328 e. The van der Waals surface area contributed by atoms with Crippen LogP contribution in [0.2, 0.25) is 5.02 Å². The lowest BCUT2D eigenvalue weighted by Gasteiger charge is -2.34. The lowest BCUT2D eigenvalue weighted by Crippen LogP contribution is -2.51. The first kappa shape index (κ1) is 22.4. The molecule has 3 aromatic rings. The average Bonchev–Trinajstić information content (AvgIpc) is 3.02. The average molecular weight is 479 g/mol.